The summed E-state index contributed by atoms with van der Waals surface area (Å²) >= 11 is 0. The summed E-state index contributed by atoms with van der Waals surface area (Å²) in [6.45, 7) is 2.27. The van der Waals surface area contributed by atoms with Crippen molar-refractivity contribution < 1.29 is 32.1 Å². The van der Waals surface area contributed by atoms with E-state index in [4.69, 9.17) is 4.74 Å². The van der Waals surface area contributed by atoms with Crippen molar-refractivity contribution in [3.05, 3.63) is 22.3 Å². The van der Waals surface area contributed by atoms with Crippen LogP contribution in [0.3, 0.4) is 0 Å². The largest absolute Gasteiger partial charge is 0.400 e. The standard InChI is InChI=1S/C11H16F2NO6P/c1-3-18-21(17,19-4-2)11(12,13)9-7-5-6-8(20-7)10(9)14(15)16/h5-10H,3-4H2,1-2H3/t7-,8+,9-,10-/m0/s1. The van der Waals surface area contributed by atoms with Crippen LogP contribution in [0, 0.1) is 16.0 Å². The summed E-state index contributed by atoms with van der Waals surface area (Å²) in [6.07, 6.45) is 0.481. The summed E-state index contributed by atoms with van der Waals surface area (Å²) < 4.78 is 56.2. The Balaban J connectivity index is 2.39. The fraction of sp³-hybridized carbons (Fsp3) is 0.818. The van der Waals surface area contributed by atoms with E-state index in [1.54, 1.807) is 0 Å². The fourth-order valence-electron chi connectivity index (χ4n) is 2.67. The number of alkyl halides is 2. The second-order valence-electron chi connectivity index (χ2n) is 4.67. The molecule has 0 N–H and O–H groups in total. The molecule has 2 rings (SSSR count). The minimum atomic E-state index is -4.83. The molecule has 4 atom stereocenters. The van der Waals surface area contributed by atoms with Crippen molar-refractivity contribution in [2.24, 2.45) is 5.92 Å². The average Bonchev–Trinajstić information content (AvgIpc) is 2.99. The van der Waals surface area contributed by atoms with Gasteiger partial charge in [-0.15, -0.1) is 0 Å². The number of halogens is 2. The normalized spacial score (nSPS) is 31.8. The zero-order valence-electron chi connectivity index (χ0n) is 11.5. The van der Waals surface area contributed by atoms with Gasteiger partial charge in [-0.05, 0) is 13.8 Å². The number of nitrogens with zero attached hydrogens (tertiary/aromatic N) is 1. The SMILES string of the molecule is CCOP(=O)(OCC)C(F)(F)[C@@H]1[C@@H]([N+](=O)[O-])[C@H]2C=C[C@@H]1O2. The van der Waals surface area contributed by atoms with Crippen LogP contribution in [-0.4, -0.2) is 42.1 Å². The van der Waals surface area contributed by atoms with Gasteiger partial charge in [0.05, 0.1) is 19.3 Å². The lowest BCUT2D eigenvalue weighted by Gasteiger charge is -2.32. The maximum Gasteiger partial charge on any atom is 0.400 e. The molecule has 2 aliphatic rings. The number of fused-ring (bicyclic) bond motifs is 2. The first kappa shape index (κ1) is 16.5. The van der Waals surface area contributed by atoms with Crippen LogP contribution in [0.2, 0.25) is 0 Å². The number of hydrogen-bond donors (Lipinski definition) is 0. The van der Waals surface area contributed by atoms with Crippen LogP contribution in [0.15, 0.2) is 12.2 Å². The summed E-state index contributed by atoms with van der Waals surface area (Å²) in [5.41, 5.74) is -4.01. The van der Waals surface area contributed by atoms with Gasteiger partial charge in [0.15, 0.2) is 0 Å². The van der Waals surface area contributed by atoms with Gasteiger partial charge in [0.1, 0.15) is 12.0 Å². The maximum absolute atomic E-state index is 14.7. The molecule has 0 aromatic heterocycles. The van der Waals surface area contributed by atoms with E-state index in [-0.39, 0.29) is 13.2 Å². The van der Waals surface area contributed by atoms with Gasteiger partial charge in [-0.3, -0.25) is 14.7 Å². The third-order valence-electron chi connectivity index (χ3n) is 3.47. The zero-order valence-corrected chi connectivity index (χ0v) is 12.4. The molecular weight excluding hydrogens is 311 g/mol. The van der Waals surface area contributed by atoms with E-state index in [9.17, 15) is 23.5 Å². The van der Waals surface area contributed by atoms with Crippen LogP contribution >= 0.6 is 7.60 Å². The van der Waals surface area contributed by atoms with E-state index in [2.05, 4.69) is 9.05 Å². The van der Waals surface area contributed by atoms with Crippen LogP contribution < -0.4 is 0 Å². The molecule has 0 spiro atoms. The van der Waals surface area contributed by atoms with Crippen LogP contribution in [0.1, 0.15) is 13.8 Å². The Kier molecular flexibility index (Phi) is 4.49. The second-order valence-corrected chi connectivity index (χ2v) is 6.78. The molecule has 1 fully saturated rings. The molecule has 0 aromatic rings. The smallest absolute Gasteiger partial charge is 0.359 e. The van der Waals surface area contributed by atoms with Crippen molar-refractivity contribution in [2.75, 3.05) is 13.2 Å². The monoisotopic (exact) mass is 327 g/mol. The Hall–Kier alpha value is -0.890. The van der Waals surface area contributed by atoms with Crippen LogP contribution in [-0.2, 0) is 18.3 Å². The van der Waals surface area contributed by atoms with Gasteiger partial charge >= 0.3 is 13.3 Å². The Morgan fingerprint density at radius 2 is 1.81 bits per heavy atom. The van der Waals surface area contributed by atoms with Gasteiger partial charge in [0, 0.05) is 4.92 Å². The van der Waals surface area contributed by atoms with Crippen LogP contribution in [0.4, 0.5) is 8.78 Å². The van der Waals surface area contributed by atoms with E-state index in [0.29, 0.717) is 0 Å². The molecule has 10 heteroatoms. The molecule has 0 radical (unpaired) electrons. The summed E-state index contributed by atoms with van der Waals surface area (Å²) in [5.74, 6) is -1.88. The molecule has 120 valence electrons. The van der Waals surface area contributed by atoms with E-state index in [1.807, 2.05) is 0 Å². The second kappa shape index (κ2) is 5.72. The van der Waals surface area contributed by atoms with E-state index in [1.165, 1.54) is 26.0 Å². The lowest BCUT2D eigenvalue weighted by atomic mass is 9.89. The quantitative estimate of drug-likeness (QED) is 0.309. The number of hydrogen-bond acceptors (Lipinski definition) is 6. The molecular formula is C11H16F2NO6P. The molecule has 0 amide bonds. The molecule has 0 saturated carbocycles. The first-order valence-corrected chi connectivity index (χ1v) is 8.07. The minimum Gasteiger partial charge on any atom is -0.359 e. The van der Waals surface area contributed by atoms with Crippen molar-refractivity contribution in [1.82, 2.24) is 0 Å². The summed E-state index contributed by atoms with van der Waals surface area (Å²) in [4.78, 5) is 10.3. The molecule has 2 aliphatic heterocycles. The summed E-state index contributed by atoms with van der Waals surface area (Å²) in [5, 5.41) is 11.1. The van der Waals surface area contributed by atoms with Crippen molar-refractivity contribution in [3.8, 4) is 0 Å². The highest BCUT2D eigenvalue weighted by Gasteiger charge is 2.71. The Morgan fingerprint density at radius 1 is 1.29 bits per heavy atom. The number of rotatable bonds is 7. The van der Waals surface area contributed by atoms with Gasteiger partial charge in [-0.2, -0.15) is 8.78 Å². The first-order chi connectivity index (χ1) is 9.78. The molecule has 1 saturated heterocycles. The molecule has 2 heterocycles. The topological polar surface area (TPSA) is 87.9 Å². The van der Waals surface area contributed by atoms with Gasteiger partial charge in [0.2, 0.25) is 0 Å². The molecule has 7 nitrogen and oxygen atoms in total. The van der Waals surface area contributed by atoms with Gasteiger partial charge in [-0.1, -0.05) is 12.2 Å². The highest BCUT2D eigenvalue weighted by Crippen LogP contribution is 2.67. The lowest BCUT2D eigenvalue weighted by molar-refractivity contribution is -0.536. The average molecular weight is 327 g/mol. The van der Waals surface area contributed by atoms with E-state index in [0.717, 1.165) is 0 Å². The fourth-order valence-corrected chi connectivity index (χ4v) is 4.44. The minimum absolute atomic E-state index is 0.256. The Bertz CT molecular complexity index is 489. The summed E-state index contributed by atoms with van der Waals surface area (Å²) in [7, 11) is -4.83. The molecule has 0 aromatic carbocycles. The lowest BCUT2D eigenvalue weighted by Crippen LogP contribution is -2.47. The molecule has 0 aliphatic carbocycles. The Morgan fingerprint density at radius 3 is 2.29 bits per heavy atom. The number of ether oxygens (including phenoxy) is 1. The predicted octanol–water partition coefficient (Wildman–Crippen LogP) is 2.44. The highest BCUT2D eigenvalue weighted by molar-refractivity contribution is 7.55. The van der Waals surface area contributed by atoms with E-state index < -0.39 is 42.4 Å². The van der Waals surface area contributed by atoms with Crippen molar-refractivity contribution in [2.45, 2.75) is 37.8 Å². The third-order valence-corrected chi connectivity index (χ3v) is 5.70. The van der Waals surface area contributed by atoms with Crippen LogP contribution in [0.25, 0.3) is 0 Å². The molecule has 2 bridgehead atoms. The zero-order chi connectivity index (χ0) is 15.8. The predicted molar refractivity (Wildman–Crippen MR) is 67.9 cm³/mol. The van der Waals surface area contributed by atoms with Crippen molar-refractivity contribution >= 4 is 7.60 Å². The number of nitro groups is 1. The third kappa shape index (κ3) is 2.52. The van der Waals surface area contributed by atoms with Gasteiger partial charge < -0.3 is 13.8 Å². The van der Waals surface area contributed by atoms with E-state index >= 15 is 0 Å². The van der Waals surface area contributed by atoms with Gasteiger partial charge in [-0.25, -0.2) is 0 Å². The van der Waals surface area contributed by atoms with Crippen molar-refractivity contribution in [1.29, 1.82) is 0 Å². The first-order valence-electron chi connectivity index (χ1n) is 6.52. The highest BCUT2D eigenvalue weighted by atomic mass is 31.2. The van der Waals surface area contributed by atoms with Crippen molar-refractivity contribution in [3.63, 3.8) is 0 Å². The summed E-state index contributed by atoms with van der Waals surface area (Å²) in [6, 6.07) is -1.68. The van der Waals surface area contributed by atoms with Gasteiger partial charge in [0.25, 0.3) is 6.04 Å². The molecule has 21 heavy (non-hydrogen) atoms. The van der Waals surface area contributed by atoms with Crippen LogP contribution in [0.5, 0.6) is 0 Å². The Labute approximate surface area is 119 Å². The molecule has 0 unspecified atom stereocenters. The maximum atomic E-state index is 14.7.